The highest BCUT2D eigenvalue weighted by molar-refractivity contribution is 6.03. The average Bonchev–Trinajstić information content (AvgIpc) is 3.20. The summed E-state index contributed by atoms with van der Waals surface area (Å²) in [6, 6.07) is 8.08. The number of hydrogen-bond acceptors (Lipinski definition) is 4. The van der Waals surface area contributed by atoms with E-state index in [2.05, 4.69) is 15.0 Å². The Balaban J connectivity index is 1.67. The summed E-state index contributed by atoms with van der Waals surface area (Å²) in [4.78, 5) is 18.2. The summed E-state index contributed by atoms with van der Waals surface area (Å²) < 4.78 is 88.0. The number of benzene rings is 2. The fourth-order valence-electron chi connectivity index (χ4n) is 3.88. The normalized spacial score (nSPS) is 13.4. The van der Waals surface area contributed by atoms with E-state index in [-0.39, 0.29) is 35.7 Å². The zero-order chi connectivity index (χ0) is 26.3. The Hall–Kier alpha value is -3.96. The van der Waals surface area contributed by atoms with Crippen molar-refractivity contribution < 1.29 is 40.6 Å². The molecule has 0 unspecified atom stereocenters. The fourth-order valence-corrected chi connectivity index (χ4v) is 3.88. The molecule has 0 fully saturated rings. The molecule has 6 nitrogen and oxygen atoms in total. The number of ether oxygens (including phenoxy) is 2. The number of methoxy groups -OCH3 is 1. The number of carbonyl (C=O) groups excluding carboxylic acids is 1. The van der Waals surface area contributed by atoms with Crippen LogP contribution in [0.5, 0.6) is 11.5 Å². The molecule has 0 atom stereocenters. The molecule has 1 N–H and O–H groups in total. The number of amides is 2. The molecule has 1 aliphatic rings. The second kappa shape index (κ2) is 9.25. The fraction of sp³-hybridized carbons (Fsp3) is 0.250. The van der Waals surface area contributed by atoms with Crippen LogP contribution in [0.1, 0.15) is 16.8 Å². The summed E-state index contributed by atoms with van der Waals surface area (Å²) in [5.74, 6) is -0.946. The molecule has 190 valence electrons. The molecule has 0 spiro atoms. The van der Waals surface area contributed by atoms with Gasteiger partial charge in [-0.05, 0) is 54.8 Å². The van der Waals surface area contributed by atoms with Crippen LogP contribution < -0.4 is 19.7 Å². The molecule has 3 aromatic rings. The number of urea groups is 1. The zero-order valence-corrected chi connectivity index (χ0v) is 18.9. The zero-order valence-electron chi connectivity index (χ0n) is 18.9. The summed E-state index contributed by atoms with van der Waals surface area (Å²) >= 11 is 0. The molecule has 1 aromatic heterocycles. The van der Waals surface area contributed by atoms with E-state index in [1.54, 1.807) is 19.1 Å². The van der Waals surface area contributed by atoms with Crippen LogP contribution in [0.4, 0.5) is 42.5 Å². The van der Waals surface area contributed by atoms with Gasteiger partial charge in [-0.2, -0.15) is 13.2 Å². The third-order valence-corrected chi connectivity index (χ3v) is 5.48. The second-order valence-corrected chi connectivity index (χ2v) is 7.99. The van der Waals surface area contributed by atoms with Crippen molar-refractivity contribution in [3.63, 3.8) is 0 Å². The van der Waals surface area contributed by atoms with Crippen molar-refractivity contribution in [1.29, 1.82) is 0 Å². The Morgan fingerprint density at radius 1 is 1.03 bits per heavy atom. The lowest BCUT2D eigenvalue weighted by atomic mass is 10.1. The predicted molar refractivity (Wildman–Crippen MR) is 119 cm³/mol. The molecule has 2 heterocycles. The van der Waals surface area contributed by atoms with E-state index in [1.165, 1.54) is 18.3 Å². The summed E-state index contributed by atoms with van der Waals surface area (Å²) in [7, 11) is 1.12. The Labute approximate surface area is 201 Å². The first kappa shape index (κ1) is 25.1. The molecule has 0 bridgehead atoms. The van der Waals surface area contributed by atoms with Gasteiger partial charge in [0.2, 0.25) is 0 Å². The van der Waals surface area contributed by atoms with Crippen LogP contribution in [0, 0.1) is 6.92 Å². The minimum atomic E-state index is -4.98. The SMILES string of the molecule is COc1cc2c(cc1C(F)(F)F)N(C(=O)Nc1cc(OC(F)(F)F)cc(-c3ccc(C)nc3)c1)CC2. The Morgan fingerprint density at radius 2 is 1.78 bits per heavy atom. The maximum Gasteiger partial charge on any atom is 0.573 e. The van der Waals surface area contributed by atoms with E-state index in [0.717, 1.165) is 30.2 Å². The lowest BCUT2D eigenvalue weighted by molar-refractivity contribution is -0.274. The average molecular weight is 511 g/mol. The van der Waals surface area contributed by atoms with Crippen molar-refractivity contribution in [2.75, 3.05) is 23.9 Å². The number of aromatic nitrogens is 1. The minimum Gasteiger partial charge on any atom is -0.496 e. The van der Waals surface area contributed by atoms with E-state index < -0.39 is 29.9 Å². The largest absolute Gasteiger partial charge is 0.573 e. The van der Waals surface area contributed by atoms with Gasteiger partial charge in [-0.3, -0.25) is 9.88 Å². The standard InChI is InChI=1S/C24H19F6N3O3/c1-13-3-4-15(12-31-13)16-7-17(10-18(8-16)36-24(28,29)30)32-22(34)33-6-5-14-9-21(35-2)19(11-20(14)33)23(25,26)27/h3-4,7-12H,5-6H2,1-2H3,(H,32,34). The maximum absolute atomic E-state index is 13.5. The molecule has 0 saturated heterocycles. The molecular weight excluding hydrogens is 492 g/mol. The van der Waals surface area contributed by atoms with Crippen molar-refractivity contribution in [3.8, 4) is 22.6 Å². The first-order valence-corrected chi connectivity index (χ1v) is 10.5. The molecule has 4 rings (SSSR count). The number of aryl methyl sites for hydroxylation is 1. The number of pyridine rings is 1. The molecule has 2 amide bonds. The first-order chi connectivity index (χ1) is 16.8. The second-order valence-electron chi connectivity index (χ2n) is 7.99. The third kappa shape index (κ3) is 5.47. The first-order valence-electron chi connectivity index (χ1n) is 10.5. The van der Waals surface area contributed by atoms with E-state index in [1.807, 2.05) is 0 Å². The molecule has 36 heavy (non-hydrogen) atoms. The van der Waals surface area contributed by atoms with Gasteiger partial charge >= 0.3 is 18.6 Å². The van der Waals surface area contributed by atoms with Crippen molar-refractivity contribution in [1.82, 2.24) is 4.98 Å². The van der Waals surface area contributed by atoms with Gasteiger partial charge in [-0.15, -0.1) is 13.2 Å². The summed E-state index contributed by atoms with van der Waals surface area (Å²) in [6.45, 7) is 1.81. The van der Waals surface area contributed by atoms with Crippen molar-refractivity contribution in [2.45, 2.75) is 25.9 Å². The van der Waals surface area contributed by atoms with E-state index in [0.29, 0.717) is 16.8 Å². The van der Waals surface area contributed by atoms with Gasteiger partial charge in [0.1, 0.15) is 11.5 Å². The van der Waals surface area contributed by atoms with E-state index in [4.69, 9.17) is 4.74 Å². The third-order valence-electron chi connectivity index (χ3n) is 5.48. The van der Waals surface area contributed by atoms with Crippen molar-refractivity contribution in [3.05, 3.63) is 65.5 Å². The van der Waals surface area contributed by atoms with Gasteiger partial charge in [0.15, 0.2) is 0 Å². The Bertz CT molecular complexity index is 1290. The van der Waals surface area contributed by atoms with Crippen LogP contribution in [0.2, 0.25) is 0 Å². The van der Waals surface area contributed by atoms with Gasteiger partial charge in [-0.1, -0.05) is 6.07 Å². The molecular formula is C24H19F6N3O3. The summed E-state index contributed by atoms with van der Waals surface area (Å²) in [6.07, 6.45) is -7.97. The highest BCUT2D eigenvalue weighted by atomic mass is 19.4. The highest BCUT2D eigenvalue weighted by Gasteiger charge is 2.38. The monoisotopic (exact) mass is 511 g/mol. The highest BCUT2D eigenvalue weighted by Crippen LogP contribution is 2.42. The van der Waals surface area contributed by atoms with Crippen LogP contribution >= 0.6 is 0 Å². The van der Waals surface area contributed by atoms with Gasteiger partial charge < -0.3 is 14.8 Å². The molecule has 0 radical (unpaired) electrons. The van der Waals surface area contributed by atoms with Gasteiger partial charge in [-0.25, -0.2) is 4.79 Å². The number of nitrogens with zero attached hydrogens (tertiary/aromatic N) is 2. The number of halogens is 6. The van der Waals surface area contributed by atoms with Gasteiger partial charge in [0.25, 0.3) is 0 Å². The van der Waals surface area contributed by atoms with Crippen molar-refractivity contribution in [2.24, 2.45) is 0 Å². The van der Waals surface area contributed by atoms with Gasteiger partial charge in [0.05, 0.1) is 12.7 Å². The molecule has 2 aromatic carbocycles. The smallest absolute Gasteiger partial charge is 0.496 e. The minimum absolute atomic E-state index is 0.0336. The Kier molecular flexibility index (Phi) is 6.46. The number of alkyl halides is 6. The Morgan fingerprint density at radius 3 is 2.39 bits per heavy atom. The number of nitrogens with one attached hydrogen (secondary N) is 1. The van der Waals surface area contributed by atoms with Gasteiger partial charge in [0, 0.05) is 41.4 Å². The lowest BCUT2D eigenvalue weighted by Crippen LogP contribution is -2.33. The van der Waals surface area contributed by atoms with Crippen LogP contribution in [0.25, 0.3) is 11.1 Å². The van der Waals surface area contributed by atoms with E-state index >= 15 is 0 Å². The van der Waals surface area contributed by atoms with E-state index in [9.17, 15) is 31.1 Å². The molecule has 1 aliphatic heterocycles. The van der Waals surface area contributed by atoms with Crippen molar-refractivity contribution >= 4 is 17.4 Å². The molecule has 0 aliphatic carbocycles. The molecule has 0 saturated carbocycles. The number of carbonyl (C=O) groups is 1. The topological polar surface area (TPSA) is 63.7 Å². The van der Waals surface area contributed by atoms with Crippen LogP contribution in [-0.2, 0) is 12.6 Å². The number of fused-ring (bicyclic) bond motifs is 1. The molecule has 12 heteroatoms. The number of hydrogen-bond donors (Lipinski definition) is 1. The summed E-state index contributed by atoms with van der Waals surface area (Å²) in [5.41, 5.74) is 0.857. The van der Waals surface area contributed by atoms with Crippen LogP contribution in [0.15, 0.2) is 48.7 Å². The summed E-state index contributed by atoms with van der Waals surface area (Å²) in [5, 5.41) is 2.47. The van der Waals surface area contributed by atoms with Crippen LogP contribution in [0.3, 0.4) is 0 Å². The maximum atomic E-state index is 13.5. The van der Waals surface area contributed by atoms with Crippen LogP contribution in [-0.4, -0.2) is 31.0 Å². The lowest BCUT2D eigenvalue weighted by Gasteiger charge is -2.21. The number of anilines is 2. The quantitative estimate of drug-likeness (QED) is 0.402. The predicted octanol–water partition coefficient (Wildman–Crippen LogP) is 6.58. The number of rotatable bonds is 4.